The Hall–Kier alpha value is -1.33. The molecule has 20 heavy (non-hydrogen) atoms. The highest BCUT2D eigenvalue weighted by molar-refractivity contribution is 5.85. The first-order chi connectivity index (χ1) is 9.25. The Kier molecular flexibility index (Phi) is 7.33. The largest absolute Gasteiger partial charge is 0.492 e. The van der Waals surface area contributed by atoms with E-state index >= 15 is 0 Å². The van der Waals surface area contributed by atoms with Crippen molar-refractivity contribution in [3.05, 3.63) is 30.1 Å². The molecule has 0 radical (unpaired) electrons. The molecule has 1 aliphatic heterocycles. The molecule has 1 heterocycles. The number of carbonyl (C=O) groups is 1. The number of amides is 1. The van der Waals surface area contributed by atoms with Gasteiger partial charge in [-0.2, -0.15) is 0 Å². The number of hydrogen-bond donors (Lipinski definition) is 2. The lowest BCUT2D eigenvalue weighted by Crippen LogP contribution is -2.41. The average Bonchev–Trinajstić information content (AvgIpc) is 2.44. The molecular formula is C14H20ClFN2O2. The summed E-state index contributed by atoms with van der Waals surface area (Å²) in [6.45, 7) is 2.52. The molecule has 2 rings (SSSR count). The predicted octanol–water partition coefficient (Wildman–Crippen LogP) is 1.74. The summed E-state index contributed by atoms with van der Waals surface area (Å²) in [5, 5.41) is 6.04. The summed E-state index contributed by atoms with van der Waals surface area (Å²) in [6.07, 6.45) is 1.97. The van der Waals surface area contributed by atoms with Crippen LogP contribution in [0.2, 0.25) is 0 Å². The summed E-state index contributed by atoms with van der Waals surface area (Å²) in [6, 6.07) is 5.98. The van der Waals surface area contributed by atoms with Gasteiger partial charge in [0.15, 0.2) is 0 Å². The van der Waals surface area contributed by atoms with Crippen molar-refractivity contribution in [1.29, 1.82) is 0 Å². The van der Waals surface area contributed by atoms with Crippen molar-refractivity contribution < 1.29 is 13.9 Å². The standard InChI is InChI=1S/C14H19FN2O2.ClH/c15-12-4-1-5-13(9-12)19-8-7-17-14(18)11-3-2-6-16-10-11;/h1,4-5,9,11,16H,2-3,6-8,10H2,(H,17,18);1H. The van der Waals surface area contributed by atoms with Crippen LogP contribution in [-0.4, -0.2) is 32.1 Å². The molecule has 112 valence electrons. The highest BCUT2D eigenvalue weighted by Crippen LogP contribution is 2.12. The second-order valence-electron chi connectivity index (χ2n) is 4.64. The summed E-state index contributed by atoms with van der Waals surface area (Å²) in [7, 11) is 0. The Morgan fingerprint density at radius 1 is 1.50 bits per heavy atom. The second kappa shape index (κ2) is 8.76. The van der Waals surface area contributed by atoms with Crippen LogP contribution in [0, 0.1) is 11.7 Å². The van der Waals surface area contributed by atoms with E-state index in [2.05, 4.69) is 10.6 Å². The van der Waals surface area contributed by atoms with Crippen LogP contribution in [0.4, 0.5) is 4.39 Å². The van der Waals surface area contributed by atoms with Gasteiger partial charge in [-0.05, 0) is 31.5 Å². The van der Waals surface area contributed by atoms with Crippen LogP contribution in [0.3, 0.4) is 0 Å². The van der Waals surface area contributed by atoms with Gasteiger partial charge in [-0.25, -0.2) is 4.39 Å². The zero-order valence-corrected chi connectivity index (χ0v) is 12.0. The van der Waals surface area contributed by atoms with Crippen molar-refractivity contribution in [2.75, 3.05) is 26.2 Å². The lowest BCUT2D eigenvalue weighted by atomic mass is 9.99. The molecule has 1 aliphatic rings. The molecule has 6 heteroatoms. The Bertz CT molecular complexity index is 425. The van der Waals surface area contributed by atoms with E-state index in [1.807, 2.05) is 0 Å². The van der Waals surface area contributed by atoms with Crippen molar-refractivity contribution in [2.45, 2.75) is 12.8 Å². The van der Waals surface area contributed by atoms with E-state index < -0.39 is 0 Å². The molecule has 0 aliphatic carbocycles. The molecule has 4 nitrogen and oxygen atoms in total. The molecule has 0 spiro atoms. The normalized spacial score (nSPS) is 17.9. The molecule has 1 fully saturated rings. The maximum Gasteiger partial charge on any atom is 0.224 e. The fourth-order valence-electron chi connectivity index (χ4n) is 2.12. The van der Waals surface area contributed by atoms with Gasteiger partial charge in [-0.1, -0.05) is 6.07 Å². The van der Waals surface area contributed by atoms with Gasteiger partial charge in [0.25, 0.3) is 0 Å². The molecule has 1 aromatic carbocycles. The fraction of sp³-hybridized carbons (Fsp3) is 0.500. The van der Waals surface area contributed by atoms with Crippen molar-refractivity contribution in [1.82, 2.24) is 10.6 Å². The molecule has 1 atom stereocenters. The number of halogens is 2. The first kappa shape index (κ1) is 16.7. The monoisotopic (exact) mass is 302 g/mol. The number of piperidine rings is 1. The lowest BCUT2D eigenvalue weighted by molar-refractivity contribution is -0.125. The fourth-order valence-corrected chi connectivity index (χ4v) is 2.12. The topological polar surface area (TPSA) is 50.4 Å². The number of hydrogen-bond acceptors (Lipinski definition) is 3. The molecule has 2 N–H and O–H groups in total. The van der Waals surface area contributed by atoms with E-state index in [-0.39, 0.29) is 30.0 Å². The van der Waals surface area contributed by atoms with E-state index in [9.17, 15) is 9.18 Å². The van der Waals surface area contributed by atoms with Crippen LogP contribution in [0.25, 0.3) is 0 Å². The quantitative estimate of drug-likeness (QED) is 0.815. The van der Waals surface area contributed by atoms with Gasteiger partial charge in [-0.3, -0.25) is 4.79 Å². The number of carbonyl (C=O) groups excluding carboxylic acids is 1. The summed E-state index contributed by atoms with van der Waals surface area (Å²) < 4.78 is 18.2. The van der Waals surface area contributed by atoms with Gasteiger partial charge in [0.05, 0.1) is 12.5 Å². The predicted molar refractivity (Wildman–Crippen MR) is 77.7 cm³/mol. The third kappa shape index (κ3) is 5.35. The first-order valence-corrected chi connectivity index (χ1v) is 6.62. The van der Waals surface area contributed by atoms with Gasteiger partial charge in [0.1, 0.15) is 18.2 Å². The van der Waals surface area contributed by atoms with Crippen LogP contribution < -0.4 is 15.4 Å². The molecule has 1 unspecified atom stereocenters. The Labute approximate surface area is 124 Å². The Balaban J connectivity index is 0.00000200. The summed E-state index contributed by atoms with van der Waals surface area (Å²) in [5.41, 5.74) is 0. The van der Waals surface area contributed by atoms with Gasteiger partial charge >= 0.3 is 0 Å². The Morgan fingerprint density at radius 2 is 2.35 bits per heavy atom. The van der Waals surface area contributed by atoms with Crippen LogP contribution >= 0.6 is 12.4 Å². The number of nitrogens with one attached hydrogen (secondary N) is 2. The van der Waals surface area contributed by atoms with E-state index in [0.717, 1.165) is 25.9 Å². The zero-order valence-electron chi connectivity index (χ0n) is 11.2. The third-order valence-corrected chi connectivity index (χ3v) is 3.13. The maximum absolute atomic E-state index is 12.9. The first-order valence-electron chi connectivity index (χ1n) is 6.62. The summed E-state index contributed by atoms with van der Waals surface area (Å²) >= 11 is 0. The average molecular weight is 303 g/mol. The van der Waals surface area contributed by atoms with E-state index in [4.69, 9.17) is 4.74 Å². The highest BCUT2D eigenvalue weighted by Gasteiger charge is 2.20. The molecule has 1 saturated heterocycles. The lowest BCUT2D eigenvalue weighted by Gasteiger charge is -2.21. The van der Waals surface area contributed by atoms with Crippen LogP contribution in [0.5, 0.6) is 5.75 Å². The van der Waals surface area contributed by atoms with Crippen molar-refractivity contribution in [3.63, 3.8) is 0 Å². The molecule has 1 aromatic rings. The highest BCUT2D eigenvalue weighted by atomic mass is 35.5. The molecule has 0 aromatic heterocycles. The van der Waals surface area contributed by atoms with Crippen molar-refractivity contribution >= 4 is 18.3 Å². The molecule has 0 saturated carbocycles. The van der Waals surface area contributed by atoms with Gasteiger partial charge in [-0.15, -0.1) is 12.4 Å². The second-order valence-corrected chi connectivity index (χ2v) is 4.64. The van der Waals surface area contributed by atoms with E-state index in [1.54, 1.807) is 12.1 Å². The van der Waals surface area contributed by atoms with Gasteiger partial charge in [0.2, 0.25) is 5.91 Å². The summed E-state index contributed by atoms with van der Waals surface area (Å²) in [4.78, 5) is 11.8. The van der Waals surface area contributed by atoms with E-state index in [1.165, 1.54) is 12.1 Å². The van der Waals surface area contributed by atoms with Crippen molar-refractivity contribution in [3.8, 4) is 5.75 Å². The SMILES string of the molecule is Cl.O=C(NCCOc1cccc(F)c1)C1CCCNC1. The third-order valence-electron chi connectivity index (χ3n) is 3.13. The van der Waals surface area contributed by atoms with Crippen LogP contribution in [0.1, 0.15) is 12.8 Å². The molecule has 1 amide bonds. The minimum Gasteiger partial charge on any atom is -0.492 e. The van der Waals surface area contributed by atoms with Crippen molar-refractivity contribution in [2.24, 2.45) is 5.92 Å². The Morgan fingerprint density at radius 3 is 3.05 bits per heavy atom. The number of rotatable bonds is 5. The summed E-state index contributed by atoms with van der Waals surface area (Å²) in [5.74, 6) is 0.279. The number of ether oxygens (including phenoxy) is 1. The maximum atomic E-state index is 12.9. The van der Waals surface area contributed by atoms with Gasteiger partial charge < -0.3 is 15.4 Å². The van der Waals surface area contributed by atoms with Gasteiger partial charge in [0, 0.05) is 12.6 Å². The minimum atomic E-state index is -0.324. The smallest absolute Gasteiger partial charge is 0.224 e. The minimum absolute atomic E-state index is 0. The molecular weight excluding hydrogens is 283 g/mol. The zero-order chi connectivity index (χ0) is 13.5. The van der Waals surface area contributed by atoms with Crippen LogP contribution in [-0.2, 0) is 4.79 Å². The molecule has 0 bridgehead atoms. The van der Waals surface area contributed by atoms with E-state index in [0.29, 0.717) is 18.9 Å². The van der Waals surface area contributed by atoms with Crippen LogP contribution in [0.15, 0.2) is 24.3 Å². The number of benzene rings is 1.